The lowest BCUT2D eigenvalue weighted by molar-refractivity contribution is 0.0603. The molecule has 0 aromatic carbocycles. The highest BCUT2D eigenvalue weighted by Gasteiger charge is 2.19. The van der Waals surface area contributed by atoms with Crippen LogP contribution in [0.2, 0.25) is 0 Å². The molecule has 2 aromatic heterocycles. The van der Waals surface area contributed by atoms with Crippen LogP contribution in [0.3, 0.4) is 0 Å². The number of fused-ring (bicyclic) bond motifs is 1. The summed E-state index contributed by atoms with van der Waals surface area (Å²) in [5.74, 6) is -0.380. The van der Waals surface area contributed by atoms with Gasteiger partial charge in [-0.3, -0.25) is 4.79 Å². The molecule has 0 bridgehead atoms. The van der Waals surface area contributed by atoms with Gasteiger partial charge in [0.2, 0.25) is 0 Å². The second-order valence-electron chi connectivity index (χ2n) is 4.69. The lowest BCUT2D eigenvalue weighted by Gasteiger charge is -2.10. The number of ether oxygens (including phenoxy) is 1. The van der Waals surface area contributed by atoms with Gasteiger partial charge >= 0.3 is 5.97 Å². The van der Waals surface area contributed by atoms with Gasteiger partial charge in [0.25, 0.3) is 5.56 Å². The van der Waals surface area contributed by atoms with Gasteiger partial charge in [-0.25, -0.2) is 4.79 Å². The molecule has 0 saturated carbocycles. The highest BCUT2D eigenvalue weighted by atomic mass is 32.1. The Balaban J connectivity index is 2.75. The number of thiophene rings is 1. The monoisotopic (exact) mass is 293 g/mol. The molecular formula is C15H19NO3S. The summed E-state index contributed by atoms with van der Waals surface area (Å²) in [5, 5.41) is 1.79. The SMILES string of the molecule is CCCCn1c(=O)cc(CC)c2scc(C(=O)OC)c21. The van der Waals surface area contributed by atoms with E-state index in [2.05, 4.69) is 6.92 Å². The van der Waals surface area contributed by atoms with E-state index in [0.29, 0.717) is 12.1 Å². The molecule has 0 radical (unpaired) electrons. The molecule has 2 heterocycles. The van der Waals surface area contributed by atoms with Gasteiger partial charge in [0.05, 0.1) is 22.9 Å². The number of methoxy groups -OCH3 is 1. The van der Waals surface area contributed by atoms with E-state index in [1.54, 1.807) is 16.0 Å². The van der Waals surface area contributed by atoms with Crippen molar-refractivity contribution >= 4 is 27.5 Å². The molecule has 108 valence electrons. The zero-order valence-corrected chi connectivity index (χ0v) is 12.9. The zero-order valence-electron chi connectivity index (χ0n) is 12.1. The minimum atomic E-state index is -0.380. The summed E-state index contributed by atoms with van der Waals surface area (Å²) in [6.45, 7) is 4.73. The third-order valence-electron chi connectivity index (χ3n) is 3.41. The van der Waals surface area contributed by atoms with Crippen molar-refractivity contribution in [2.24, 2.45) is 0 Å². The van der Waals surface area contributed by atoms with E-state index < -0.39 is 0 Å². The minimum Gasteiger partial charge on any atom is -0.465 e. The van der Waals surface area contributed by atoms with Crippen molar-refractivity contribution in [1.82, 2.24) is 4.57 Å². The van der Waals surface area contributed by atoms with Crippen molar-refractivity contribution in [3.63, 3.8) is 0 Å². The van der Waals surface area contributed by atoms with E-state index in [4.69, 9.17) is 4.74 Å². The van der Waals surface area contributed by atoms with Crippen LogP contribution in [-0.4, -0.2) is 17.6 Å². The molecule has 4 nitrogen and oxygen atoms in total. The van der Waals surface area contributed by atoms with Crippen LogP contribution in [0.15, 0.2) is 16.2 Å². The molecular weight excluding hydrogens is 274 g/mol. The first-order valence-corrected chi connectivity index (χ1v) is 7.74. The van der Waals surface area contributed by atoms with Crippen molar-refractivity contribution in [2.75, 3.05) is 7.11 Å². The molecule has 0 unspecified atom stereocenters. The van der Waals surface area contributed by atoms with Crippen LogP contribution in [0.25, 0.3) is 10.2 Å². The molecule has 0 aliphatic carbocycles. The smallest absolute Gasteiger partial charge is 0.340 e. The molecule has 0 spiro atoms. The van der Waals surface area contributed by atoms with E-state index >= 15 is 0 Å². The quantitative estimate of drug-likeness (QED) is 0.795. The van der Waals surface area contributed by atoms with Crippen LogP contribution in [-0.2, 0) is 17.7 Å². The van der Waals surface area contributed by atoms with Crippen LogP contribution >= 0.6 is 11.3 Å². The number of nitrogens with zero attached hydrogens (tertiary/aromatic N) is 1. The van der Waals surface area contributed by atoms with Crippen molar-refractivity contribution in [3.8, 4) is 0 Å². The van der Waals surface area contributed by atoms with Gasteiger partial charge in [0, 0.05) is 18.0 Å². The molecule has 2 aromatic rings. The number of carbonyl (C=O) groups is 1. The second kappa shape index (κ2) is 6.22. The molecule has 0 aliphatic heterocycles. The first-order chi connectivity index (χ1) is 9.63. The number of pyridine rings is 1. The Kier molecular flexibility index (Phi) is 4.60. The predicted molar refractivity (Wildman–Crippen MR) is 81.7 cm³/mol. The summed E-state index contributed by atoms with van der Waals surface area (Å²) in [6, 6.07) is 1.69. The van der Waals surface area contributed by atoms with Gasteiger partial charge in [-0.2, -0.15) is 0 Å². The van der Waals surface area contributed by atoms with Gasteiger partial charge in [-0.05, 0) is 18.4 Å². The van der Waals surface area contributed by atoms with Gasteiger partial charge in [-0.1, -0.05) is 20.3 Å². The molecule has 0 amide bonds. The maximum atomic E-state index is 12.3. The Hall–Kier alpha value is -1.62. The van der Waals surface area contributed by atoms with E-state index in [9.17, 15) is 9.59 Å². The summed E-state index contributed by atoms with van der Waals surface area (Å²) in [4.78, 5) is 24.2. The molecule has 2 rings (SSSR count). The fraction of sp³-hybridized carbons (Fsp3) is 0.467. The van der Waals surface area contributed by atoms with Crippen molar-refractivity contribution < 1.29 is 9.53 Å². The van der Waals surface area contributed by atoms with Gasteiger partial charge in [0.1, 0.15) is 0 Å². The fourth-order valence-corrected chi connectivity index (χ4v) is 3.44. The fourth-order valence-electron chi connectivity index (χ4n) is 2.31. The standard InChI is InChI=1S/C15H19NO3S/c1-4-6-7-16-12(17)8-10(5-2)14-13(16)11(9-20-14)15(18)19-3/h8-9H,4-7H2,1-3H3. The van der Waals surface area contributed by atoms with Crippen molar-refractivity contribution in [1.29, 1.82) is 0 Å². The summed E-state index contributed by atoms with van der Waals surface area (Å²) < 4.78 is 7.55. The van der Waals surface area contributed by atoms with E-state index in [1.165, 1.54) is 18.4 Å². The molecule has 0 saturated heterocycles. The number of aromatic nitrogens is 1. The van der Waals surface area contributed by atoms with Gasteiger partial charge in [0.15, 0.2) is 0 Å². The Morgan fingerprint density at radius 3 is 2.75 bits per heavy atom. The summed E-state index contributed by atoms with van der Waals surface area (Å²) in [6.07, 6.45) is 2.69. The number of carbonyl (C=O) groups excluding carboxylic acids is 1. The minimum absolute atomic E-state index is 0.0358. The van der Waals surface area contributed by atoms with Crippen molar-refractivity contribution in [2.45, 2.75) is 39.7 Å². The largest absolute Gasteiger partial charge is 0.465 e. The van der Waals surface area contributed by atoms with Crippen LogP contribution in [0.1, 0.15) is 42.6 Å². The normalized spacial score (nSPS) is 10.9. The Morgan fingerprint density at radius 2 is 2.15 bits per heavy atom. The lowest BCUT2D eigenvalue weighted by Crippen LogP contribution is -2.21. The molecule has 5 heteroatoms. The average molecular weight is 293 g/mol. The Bertz CT molecular complexity index is 684. The third kappa shape index (κ3) is 2.50. The molecule has 0 aliphatic rings. The zero-order chi connectivity index (χ0) is 14.7. The third-order valence-corrected chi connectivity index (χ3v) is 4.46. The maximum Gasteiger partial charge on any atom is 0.340 e. The maximum absolute atomic E-state index is 12.3. The number of hydrogen-bond donors (Lipinski definition) is 0. The van der Waals surface area contributed by atoms with Crippen LogP contribution < -0.4 is 5.56 Å². The lowest BCUT2D eigenvalue weighted by atomic mass is 10.1. The molecule has 0 atom stereocenters. The second-order valence-corrected chi connectivity index (χ2v) is 5.56. The van der Waals surface area contributed by atoms with Crippen LogP contribution in [0.5, 0.6) is 0 Å². The van der Waals surface area contributed by atoms with Crippen LogP contribution in [0, 0.1) is 0 Å². The summed E-state index contributed by atoms with van der Waals surface area (Å²) in [5.41, 5.74) is 2.19. The first-order valence-electron chi connectivity index (χ1n) is 6.86. The number of esters is 1. The first kappa shape index (κ1) is 14.8. The molecule has 0 N–H and O–H groups in total. The number of aryl methyl sites for hydroxylation is 2. The summed E-state index contributed by atoms with van der Waals surface area (Å²) >= 11 is 1.50. The van der Waals surface area contributed by atoms with E-state index in [0.717, 1.165) is 35.0 Å². The Labute approximate surface area is 122 Å². The highest BCUT2D eigenvalue weighted by molar-refractivity contribution is 7.17. The van der Waals surface area contributed by atoms with E-state index in [-0.39, 0.29) is 11.5 Å². The average Bonchev–Trinajstić information content (AvgIpc) is 2.89. The van der Waals surface area contributed by atoms with Crippen molar-refractivity contribution in [3.05, 3.63) is 32.9 Å². The number of rotatable bonds is 5. The Morgan fingerprint density at radius 1 is 1.40 bits per heavy atom. The van der Waals surface area contributed by atoms with E-state index in [1.807, 2.05) is 6.92 Å². The molecule has 0 fully saturated rings. The molecule has 20 heavy (non-hydrogen) atoms. The number of unbranched alkanes of at least 4 members (excludes halogenated alkanes) is 1. The summed E-state index contributed by atoms with van der Waals surface area (Å²) in [7, 11) is 1.37. The highest BCUT2D eigenvalue weighted by Crippen LogP contribution is 2.29. The topological polar surface area (TPSA) is 48.3 Å². The van der Waals surface area contributed by atoms with Gasteiger partial charge in [-0.15, -0.1) is 11.3 Å². The predicted octanol–water partition coefficient (Wildman–Crippen LogP) is 3.21. The number of hydrogen-bond acceptors (Lipinski definition) is 4. The van der Waals surface area contributed by atoms with Gasteiger partial charge < -0.3 is 9.30 Å². The van der Waals surface area contributed by atoms with Crippen LogP contribution in [0.4, 0.5) is 0 Å².